The Balaban J connectivity index is 3.71. The molecule has 0 saturated carbocycles. The average molecular weight is 194 g/mol. The molecule has 2 nitrogen and oxygen atoms in total. The summed E-state index contributed by atoms with van der Waals surface area (Å²) >= 11 is 0. The van der Waals surface area contributed by atoms with Gasteiger partial charge in [0.05, 0.1) is 6.61 Å². The Morgan fingerprint density at radius 3 is 2.50 bits per heavy atom. The van der Waals surface area contributed by atoms with Crippen LogP contribution in [-0.4, -0.2) is 12.6 Å². The van der Waals surface area contributed by atoms with E-state index in [0.29, 0.717) is 13.0 Å². The number of carbonyl (C=O) groups excluding carboxylic acids is 1. The van der Waals surface area contributed by atoms with Gasteiger partial charge >= 0.3 is 5.97 Å². The zero-order valence-corrected chi connectivity index (χ0v) is 9.17. The van der Waals surface area contributed by atoms with Crippen molar-refractivity contribution in [3.8, 4) is 0 Å². The number of esters is 1. The second-order valence-corrected chi connectivity index (χ2v) is 3.35. The maximum Gasteiger partial charge on any atom is 0.302 e. The summed E-state index contributed by atoms with van der Waals surface area (Å²) in [6.45, 7) is 9.72. The van der Waals surface area contributed by atoms with Gasteiger partial charge in [0.1, 0.15) is 0 Å². The molecule has 0 aromatic rings. The molecule has 0 bridgehead atoms. The molecule has 0 heterocycles. The summed E-state index contributed by atoms with van der Waals surface area (Å²) in [6.07, 6.45) is 6.58. The van der Waals surface area contributed by atoms with Gasteiger partial charge in [0.2, 0.25) is 0 Å². The van der Waals surface area contributed by atoms with Gasteiger partial charge in [-0.2, -0.15) is 0 Å². The Bertz CT molecular complexity index is 255. The highest BCUT2D eigenvalue weighted by atomic mass is 16.5. The molecule has 0 aromatic carbocycles. The van der Waals surface area contributed by atoms with E-state index in [1.54, 1.807) is 0 Å². The van der Waals surface area contributed by atoms with Crippen LogP contribution in [-0.2, 0) is 9.53 Å². The molecular weight excluding hydrogens is 176 g/mol. The van der Waals surface area contributed by atoms with Crippen LogP contribution in [0.4, 0.5) is 0 Å². The zero-order chi connectivity index (χ0) is 11.0. The van der Waals surface area contributed by atoms with Crippen molar-refractivity contribution in [2.45, 2.75) is 27.2 Å². The third-order valence-electron chi connectivity index (χ3n) is 1.49. The molecule has 78 valence electrons. The lowest BCUT2D eigenvalue weighted by atomic mass is 10.2. The summed E-state index contributed by atoms with van der Waals surface area (Å²) < 4.78 is 4.79. The highest BCUT2D eigenvalue weighted by Crippen LogP contribution is 2.01. The topological polar surface area (TPSA) is 26.3 Å². The van der Waals surface area contributed by atoms with Crippen molar-refractivity contribution in [3.63, 3.8) is 0 Å². The maximum absolute atomic E-state index is 10.4. The van der Waals surface area contributed by atoms with Crippen LogP contribution in [0, 0.1) is 0 Å². The van der Waals surface area contributed by atoms with Gasteiger partial charge in [-0.3, -0.25) is 4.79 Å². The lowest BCUT2D eigenvalue weighted by molar-refractivity contribution is -0.140. The van der Waals surface area contributed by atoms with Crippen molar-refractivity contribution in [3.05, 3.63) is 36.0 Å². The Labute approximate surface area is 86.0 Å². The van der Waals surface area contributed by atoms with Crippen molar-refractivity contribution in [1.82, 2.24) is 0 Å². The van der Waals surface area contributed by atoms with E-state index in [2.05, 4.69) is 6.58 Å². The minimum atomic E-state index is -0.244. The first-order chi connectivity index (χ1) is 6.52. The predicted molar refractivity (Wildman–Crippen MR) is 59.0 cm³/mol. The molecule has 0 spiro atoms. The molecule has 0 radical (unpaired) electrons. The molecule has 0 rings (SSSR count). The van der Waals surface area contributed by atoms with Crippen LogP contribution in [0.25, 0.3) is 0 Å². The second-order valence-electron chi connectivity index (χ2n) is 3.35. The molecule has 0 unspecified atom stereocenters. The highest BCUT2D eigenvalue weighted by Gasteiger charge is 1.93. The molecule has 0 N–H and O–H groups in total. The molecule has 14 heavy (non-hydrogen) atoms. The average Bonchev–Trinajstić information content (AvgIpc) is 2.02. The SMILES string of the molecule is C=C(/C=C/C=C(C)C)CCOC(C)=O. The van der Waals surface area contributed by atoms with E-state index < -0.39 is 0 Å². The van der Waals surface area contributed by atoms with Gasteiger partial charge in [0.25, 0.3) is 0 Å². The van der Waals surface area contributed by atoms with Crippen LogP contribution in [0.3, 0.4) is 0 Å². The fourth-order valence-electron chi connectivity index (χ4n) is 0.786. The number of hydrogen-bond acceptors (Lipinski definition) is 2. The second kappa shape index (κ2) is 7.13. The lowest BCUT2D eigenvalue weighted by Crippen LogP contribution is -2.00. The number of rotatable bonds is 5. The van der Waals surface area contributed by atoms with Crippen LogP contribution in [0.15, 0.2) is 36.0 Å². The Morgan fingerprint density at radius 1 is 1.36 bits per heavy atom. The normalized spacial score (nSPS) is 9.93. The molecule has 0 fully saturated rings. The zero-order valence-electron chi connectivity index (χ0n) is 9.17. The smallest absolute Gasteiger partial charge is 0.302 e. The molecule has 0 saturated heterocycles. The first-order valence-electron chi connectivity index (χ1n) is 4.65. The van der Waals surface area contributed by atoms with Gasteiger partial charge in [-0.05, 0) is 13.8 Å². The van der Waals surface area contributed by atoms with Crippen molar-refractivity contribution in [2.24, 2.45) is 0 Å². The van der Waals surface area contributed by atoms with E-state index in [4.69, 9.17) is 4.74 Å². The van der Waals surface area contributed by atoms with Gasteiger partial charge < -0.3 is 4.74 Å². The van der Waals surface area contributed by atoms with Crippen molar-refractivity contribution in [2.75, 3.05) is 6.61 Å². The summed E-state index contributed by atoms with van der Waals surface area (Å²) in [7, 11) is 0. The van der Waals surface area contributed by atoms with E-state index in [0.717, 1.165) is 5.57 Å². The fraction of sp³-hybridized carbons (Fsp3) is 0.417. The van der Waals surface area contributed by atoms with Gasteiger partial charge in [0, 0.05) is 13.3 Å². The standard InChI is InChI=1S/C12H18O2/c1-10(2)6-5-7-11(3)8-9-14-12(4)13/h5-7H,3,8-9H2,1-2,4H3/b7-5+. The summed E-state index contributed by atoms with van der Waals surface area (Å²) in [5.41, 5.74) is 2.21. The molecule has 0 aliphatic carbocycles. The van der Waals surface area contributed by atoms with E-state index in [1.807, 2.05) is 32.1 Å². The van der Waals surface area contributed by atoms with E-state index in [1.165, 1.54) is 12.5 Å². The van der Waals surface area contributed by atoms with Crippen LogP contribution in [0.5, 0.6) is 0 Å². The summed E-state index contributed by atoms with van der Waals surface area (Å²) in [5.74, 6) is -0.244. The first-order valence-corrected chi connectivity index (χ1v) is 4.65. The summed E-state index contributed by atoms with van der Waals surface area (Å²) in [4.78, 5) is 10.4. The Hall–Kier alpha value is -1.31. The Morgan fingerprint density at radius 2 is 2.00 bits per heavy atom. The van der Waals surface area contributed by atoms with E-state index in [9.17, 15) is 4.79 Å². The van der Waals surface area contributed by atoms with Crippen LogP contribution in [0.2, 0.25) is 0 Å². The molecule has 0 amide bonds. The summed E-state index contributed by atoms with van der Waals surface area (Å²) in [6, 6.07) is 0. The Kier molecular flexibility index (Phi) is 6.46. The molecular formula is C12H18O2. The lowest BCUT2D eigenvalue weighted by Gasteiger charge is -2.00. The van der Waals surface area contributed by atoms with Crippen LogP contribution >= 0.6 is 0 Å². The van der Waals surface area contributed by atoms with E-state index in [-0.39, 0.29) is 5.97 Å². The molecule has 0 aliphatic heterocycles. The van der Waals surface area contributed by atoms with Crippen molar-refractivity contribution < 1.29 is 9.53 Å². The minimum absolute atomic E-state index is 0.244. The molecule has 2 heteroatoms. The minimum Gasteiger partial charge on any atom is -0.466 e. The van der Waals surface area contributed by atoms with E-state index >= 15 is 0 Å². The predicted octanol–water partition coefficient (Wildman–Crippen LogP) is 3.02. The van der Waals surface area contributed by atoms with Gasteiger partial charge in [-0.15, -0.1) is 0 Å². The monoisotopic (exact) mass is 194 g/mol. The highest BCUT2D eigenvalue weighted by molar-refractivity contribution is 5.65. The first kappa shape index (κ1) is 12.7. The molecule has 0 aliphatic rings. The third-order valence-corrected chi connectivity index (χ3v) is 1.49. The third kappa shape index (κ3) is 8.78. The quantitative estimate of drug-likeness (QED) is 0.496. The molecule has 0 atom stereocenters. The molecule has 0 aromatic heterocycles. The van der Waals surface area contributed by atoms with Gasteiger partial charge in [-0.1, -0.05) is 36.0 Å². The van der Waals surface area contributed by atoms with Gasteiger partial charge in [0.15, 0.2) is 0 Å². The number of hydrogen-bond donors (Lipinski definition) is 0. The fourth-order valence-corrected chi connectivity index (χ4v) is 0.786. The summed E-state index contributed by atoms with van der Waals surface area (Å²) in [5, 5.41) is 0. The largest absolute Gasteiger partial charge is 0.466 e. The maximum atomic E-state index is 10.4. The van der Waals surface area contributed by atoms with Crippen molar-refractivity contribution in [1.29, 1.82) is 0 Å². The van der Waals surface area contributed by atoms with Crippen LogP contribution in [0.1, 0.15) is 27.2 Å². The van der Waals surface area contributed by atoms with Gasteiger partial charge in [-0.25, -0.2) is 0 Å². The van der Waals surface area contributed by atoms with Crippen LogP contribution < -0.4 is 0 Å². The number of carbonyl (C=O) groups is 1. The van der Waals surface area contributed by atoms with Crippen molar-refractivity contribution >= 4 is 5.97 Å². The number of allylic oxidation sites excluding steroid dienone is 4. The number of ether oxygens (including phenoxy) is 1.